The van der Waals surface area contributed by atoms with E-state index in [-0.39, 0.29) is 5.21 Å². The number of hydrogen-bond acceptors (Lipinski definition) is 4. The topological polar surface area (TPSA) is 38.7 Å². The number of thioether (sulfide) groups is 1. The second-order valence-corrected chi connectivity index (χ2v) is 12.4. The van der Waals surface area contributed by atoms with E-state index >= 15 is 0 Å². The maximum atomic E-state index is 5.04. The van der Waals surface area contributed by atoms with Gasteiger partial charge in [0.25, 0.3) is 0 Å². The van der Waals surface area contributed by atoms with Crippen LogP contribution in [0.4, 0.5) is 0 Å². The Bertz CT molecular complexity index is 671. The summed E-state index contributed by atoms with van der Waals surface area (Å²) in [6.45, 7) is 10.2. The van der Waals surface area contributed by atoms with Gasteiger partial charge in [-0.25, -0.2) is 15.0 Å². The van der Waals surface area contributed by atoms with Crippen LogP contribution in [0.5, 0.6) is 0 Å². The van der Waals surface area contributed by atoms with Gasteiger partial charge in [-0.2, -0.15) is 0 Å². The van der Waals surface area contributed by atoms with E-state index in [0.29, 0.717) is 17.1 Å². The van der Waals surface area contributed by atoms with E-state index < -0.39 is 0 Å². The second-order valence-electron chi connectivity index (χ2n) is 11.1. The van der Waals surface area contributed by atoms with Gasteiger partial charge < -0.3 is 0 Å². The molecule has 0 spiro atoms. The molecule has 0 aromatic carbocycles. The van der Waals surface area contributed by atoms with Crippen LogP contribution in [0, 0.1) is 5.92 Å². The maximum Gasteiger partial charge on any atom is 0.205 e. The molecule has 30 heavy (non-hydrogen) atoms. The third-order valence-electron chi connectivity index (χ3n) is 8.68. The lowest BCUT2D eigenvalue weighted by Crippen LogP contribution is -2.49. The Morgan fingerprint density at radius 1 is 1.03 bits per heavy atom. The van der Waals surface area contributed by atoms with Gasteiger partial charge in [0.2, 0.25) is 7.28 Å². The van der Waals surface area contributed by atoms with Gasteiger partial charge in [0.15, 0.2) is 5.16 Å². The van der Waals surface area contributed by atoms with Gasteiger partial charge in [-0.15, -0.1) is 0 Å². The second kappa shape index (κ2) is 10.5. The fraction of sp³-hybridized carbons (Fsp3) is 0.864. The standard InChI is InChI=1S/C22H41B4N3S/c1-5-21(3,23)26(24)22(4,6-2)25-19-27-18-15-16-12-10-8-7-9-11-13-17(14-16)30-20(28-18)29-19/h16-17,25H,5-15,23-24H2,1-4H3. The van der Waals surface area contributed by atoms with E-state index in [0.717, 1.165) is 42.7 Å². The van der Waals surface area contributed by atoms with Crippen LogP contribution in [0.1, 0.15) is 97.7 Å². The summed E-state index contributed by atoms with van der Waals surface area (Å²) in [5, 5.41) is 2.22. The van der Waals surface area contributed by atoms with Gasteiger partial charge >= 0.3 is 0 Å². The van der Waals surface area contributed by atoms with E-state index in [1.807, 2.05) is 11.8 Å². The average molecular weight is 423 g/mol. The zero-order chi connectivity index (χ0) is 21.8. The molecule has 3 rings (SSSR count). The van der Waals surface area contributed by atoms with Gasteiger partial charge in [-0.05, 0) is 25.2 Å². The first-order valence-corrected chi connectivity index (χ1v) is 13.5. The first kappa shape index (κ1) is 24.3. The Morgan fingerprint density at radius 2 is 1.73 bits per heavy atom. The summed E-state index contributed by atoms with van der Waals surface area (Å²) in [7, 11) is 5.83. The van der Waals surface area contributed by atoms with E-state index in [4.69, 9.17) is 15.0 Å². The fourth-order valence-corrected chi connectivity index (χ4v) is 6.77. The summed E-state index contributed by atoms with van der Waals surface area (Å²) in [6.07, 6.45) is 14.4. The van der Waals surface area contributed by atoms with E-state index in [1.54, 1.807) is 0 Å². The molecule has 2 aliphatic rings. The molecule has 0 N–H and O–H groups in total. The van der Waals surface area contributed by atoms with Gasteiger partial charge in [0, 0.05) is 11.7 Å². The Morgan fingerprint density at radius 3 is 2.43 bits per heavy atom. The van der Waals surface area contributed by atoms with Crippen molar-refractivity contribution in [3.63, 3.8) is 0 Å². The minimum absolute atomic E-state index is 0.212. The van der Waals surface area contributed by atoms with Crippen molar-refractivity contribution in [2.45, 2.75) is 119 Å². The van der Waals surface area contributed by atoms with Crippen LogP contribution in [0.3, 0.4) is 0 Å². The maximum absolute atomic E-state index is 5.04. The number of nitrogens with zero attached hydrogens (tertiary/aromatic N) is 3. The Balaban J connectivity index is 1.85. The molecule has 3 nitrogen and oxygen atoms in total. The number of fused-ring (bicyclic) bond motifs is 4. The highest BCUT2D eigenvalue weighted by atomic mass is 32.2. The first-order chi connectivity index (χ1) is 14.3. The summed E-state index contributed by atoms with van der Waals surface area (Å²) < 4.78 is 0. The summed E-state index contributed by atoms with van der Waals surface area (Å²) in [5.41, 5.74) is 1.04. The van der Waals surface area contributed by atoms with Crippen LogP contribution in [-0.4, -0.2) is 49.7 Å². The molecule has 0 amide bonds. The summed E-state index contributed by atoms with van der Waals surface area (Å²) in [6, 6.07) is 0. The van der Waals surface area contributed by atoms with Crippen molar-refractivity contribution < 1.29 is 0 Å². The van der Waals surface area contributed by atoms with Gasteiger partial charge in [0.1, 0.15) is 5.82 Å². The molecule has 1 aliphatic carbocycles. The lowest BCUT2D eigenvalue weighted by molar-refractivity contribution is 0.383. The number of hydrogen-bond donors (Lipinski definition) is 0. The van der Waals surface area contributed by atoms with Crippen molar-refractivity contribution in [1.82, 2.24) is 15.0 Å². The molecule has 8 heteroatoms. The minimum atomic E-state index is 0.212. The van der Waals surface area contributed by atoms with Gasteiger partial charge in [-0.1, -0.05) is 94.8 Å². The highest BCUT2D eigenvalue weighted by Crippen LogP contribution is 2.43. The molecule has 1 aliphatic heterocycles. The van der Waals surface area contributed by atoms with Crippen LogP contribution in [0.25, 0.3) is 0 Å². The monoisotopic (exact) mass is 423 g/mol. The third-order valence-corrected chi connectivity index (χ3v) is 9.84. The molecule has 4 unspecified atom stereocenters. The van der Waals surface area contributed by atoms with Crippen LogP contribution >= 0.6 is 11.8 Å². The molecule has 4 bridgehead atoms. The molecule has 162 valence electrons. The Labute approximate surface area is 192 Å². The molecule has 1 aromatic heterocycles. The number of aromatic nitrogens is 3. The van der Waals surface area contributed by atoms with Crippen molar-refractivity contribution >= 4 is 47.0 Å². The smallest absolute Gasteiger partial charge is 0.205 e. The van der Waals surface area contributed by atoms with Gasteiger partial charge in [-0.3, -0.25) is 0 Å². The largest absolute Gasteiger partial charge is 0.229 e. The SMILES string of the molecule is BB(C(B)(C)CC)C(C)(Bc1nc2nc(n1)SC1CCCCCCCC(C2)C1)CC. The van der Waals surface area contributed by atoms with Crippen LogP contribution in [0.15, 0.2) is 5.16 Å². The van der Waals surface area contributed by atoms with Gasteiger partial charge in [0.05, 0.1) is 27.9 Å². The summed E-state index contributed by atoms with van der Waals surface area (Å²) in [4.78, 5) is 15.0. The predicted octanol–water partition coefficient (Wildman–Crippen LogP) is 3.21. The van der Waals surface area contributed by atoms with Crippen molar-refractivity contribution in [3.8, 4) is 0 Å². The molecule has 0 saturated heterocycles. The highest BCUT2D eigenvalue weighted by Gasteiger charge is 2.42. The molecular weight excluding hydrogens is 382 g/mol. The molecule has 4 atom stereocenters. The number of rotatable bonds is 6. The minimum Gasteiger partial charge on any atom is -0.229 e. The van der Waals surface area contributed by atoms with Crippen molar-refractivity contribution in [1.29, 1.82) is 0 Å². The van der Waals surface area contributed by atoms with Crippen LogP contribution in [-0.2, 0) is 6.42 Å². The molecule has 2 heterocycles. The highest BCUT2D eigenvalue weighted by molar-refractivity contribution is 7.99. The Kier molecular flexibility index (Phi) is 8.49. The summed E-state index contributed by atoms with van der Waals surface area (Å²) >= 11 is 1.95. The van der Waals surface area contributed by atoms with Crippen molar-refractivity contribution in [3.05, 3.63) is 5.82 Å². The lowest BCUT2D eigenvalue weighted by Gasteiger charge is -2.42. The third kappa shape index (κ3) is 6.11. The van der Waals surface area contributed by atoms with Crippen LogP contribution < -0.4 is 5.72 Å². The van der Waals surface area contributed by atoms with E-state index in [1.165, 1.54) is 57.8 Å². The van der Waals surface area contributed by atoms with E-state index in [2.05, 4.69) is 43.3 Å². The zero-order valence-electron chi connectivity index (χ0n) is 20.5. The molecule has 1 fully saturated rings. The Hall–Kier alpha value is -0.380. The molecule has 1 saturated carbocycles. The average Bonchev–Trinajstić information content (AvgIpc) is 2.71. The van der Waals surface area contributed by atoms with Crippen molar-refractivity contribution in [2.75, 3.05) is 0 Å². The molecule has 0 radical (unpaired) electrons. The predicted molar refractivity (Wildman–Crippen MR) is 141 cm³/mol. The normalized spacial score (nSPS) is 26.4. The lowest BCUT2D eigenvalue weighted by atomic mass is 9.03. The van der Waals surface area contributed by atoms with Crippen LogP contribution in [0.2, 0.25) is 10.4 Å². The first-order valence-electron chi connectivity index (χ1n) is 12.7. The van der Waals surface area contributed by atoms with E-state index in [9.17, 15) is 0 Å². The zero-order valence-corrected chi connectivity index (χ0v) is 21.3. The fourth-order valence-electron chi connectivity index (χ4n) is 5.51. The quantitative estimate of drug-likeness (QED) is 0.660. The molecular formula is C22H41B4N3S. The summed E-state index contributed by atoms with van der Waals surface area (Å²) in [5.74, 6) is 1.81. The van der Waals surface area contributed by atoms with Crippen molar-refractivity contribution in [2.24, 2.45) is 5.92 Å². The molecule has 1 aromatic rings.